The Kier molecular flexibility index (Phi) is 3.16. The van der Waals surface area contributed by atoms with E-state index in [-0.39, 0.29) is 9.88 Å². The van der Waals surface area contributed by atoms with Gasteiger partial charge in [0, 0.05) is 24.9 Å². The Morgan fingerprint density at radius 2 is 2.11 bits per heavy atom. The van der Waals surface area contributed by atoms with Crippen LogP contribution in [0.4, 0.5) is 13.2 Å². The van der Waals surface area contributed by atoms with Crippen LogP contribution in [0.3, 0.4) is 0 Å². The molecule has 0 radical (unpaired) electrons. The van der Waals surface area contributed by atoms with Gasteiger partial charge in [-0.2, -0.15) is 13.2 Å². The van der Waals surface area contributed by atoms with E-state index in [0.717, 1.165) is 18.3 Å². The molecule has 2 aromatic heterocycles. The number of nitrogens with zero attached hydrogens (tertiary/aromatic N) is 2. The molecule has 18 heavy (non-hydrogen) atoms. The quantitative estimate of drug-likeness (QED) is 0.787. The van der Waals surface area contributed by atoms with E-state index in [2.05, 4.69) is 9.97 Å². The molecule has 0 atom stereocenters. The number of pyridine rings is 1. The normalized spacial score (nSPS) is 11.6. The van der Waals surface area contributed by atoms with Gasteiger partial charge >= 0.3 is 6.18 Å². The molecule has 2 aromatic rings. The molecule has 94 valence electrons. The fourth-order valence-corrected chi connectivity index (χ4v) is 2.33. The Labute approximate surface area is 104 Å². The van der Waals surface area contributed by atoms with E-state index in [9.17, 15) is 18.0 Å². The highest BCUT2D eigenvalue weighted by Gasteiger charge is 2.38. The maximum atomic E-state index is 12.7. The van der Waals surface area contributed by atoms with Gasteiger partial charge in [-0.25, -0.2) is 4.98 Å². The minimum atomic E-state index is -4.63. The van der Waals surface area contributed by atoms with Crippen LogP contribution in [0.5, 0.6) is 0 Å². The van der Waals surface area contributed by atoms with E-state index in [0.29, 0.717) is 5.56 Å². The highest BCUT2D eigenvalue weighted by molar-refractivity contribution is 7.17. The Hall–Kier alpha value is -1.76. The molecule has 0 N–H and O–H groups in total. The van der Waals surface area contributed by atoms with Crippen LogP contribution in [0.15, 0.2) is 24.5 Å². The lowest BCUT2D eigenvalue weighted by Gasteiger charge is -2.03. The SMILES string of the molecule is CC(=O)c1sc(-c2cccnc2)nc1C(F)(F)F. The smallest absolute Gasteiger partial charge is 0.294 e. The summed E-state index contributed by atoms with van der Waals surface area (Å²) in [6.07, 6.45) is -1.71. The largest absolute Gasteiger partial charge is 0.434 e. The molecule has 0 aliphatic rings. The molecular weight excluding hydrogens is 265 g/mol. The number of hydrogen-bond donors (Lipinski definition) is 0. The monoisotopic (exact) mass is 272 g/mol. The number of ketones is 1. The van der Waals surface area contributed by atoms with Crippen molar-refractivity contribution in [1.82, 2.24) is 9.97 Å². The molecule has 0 saturated heterocycles. The van der Waals surface area contributed by atoms with Gasteiger partial charge in [0.15, 0.2) is 11.5 Å². The lowest BCUT2D eigenvalue weighted by Crippen LogP contribution is -2.10. The van der Waals surface area contributed by atoms with Crippen molar-refractivity contribution in [3.8, 4) is 10.6 Å². The van der Waals surface area contributed by atoms with Crippen molar-refractivity contribution in [2.24, 2.45) is 0 Å². The Balaban J connectivity index is 2.57. The van der Waals surface area contributed by atoms with E-state index >= 15 is 0 Å². The van der Waals surface area contributed by atoms with Crippen molar-refractivity contribution < 1.29 is 18.0 Å². The van der Waals surface area contributed by atoms with Crippen molar-refractivity contribution in [3.63, 3.8) is 0 Å². The van der Waals surface area contributed by atoms with Crippen molar-refractivity contribution in [3.05, 3.63) is 35.1 Å². The molecule has 0 unspecified atom stereocenters. The fourth-order valence-electron chi connectivity index (χ4n) is 1.36. The summed E-state index contributed by atoms with van der Waals surface area (Å²) in [6.45, 7) is 1.09. The summed E-state index contributed by atoms with van der Waals surface area (Å²) in [5, 5.41) is 0.139. The molecule has 7 heteroatoms. The Bertz CT molecular complexity index is 578. The molecule has 0 aromatic carbocycles. The average molecular weight is 272 g/mol. The van der Waals surface area contributed by atoms with Crippen LogP contribution >= 0.6 is 11.3 Å². The highest BCUT2D eigenvalue weighted by Crippen LogP contribution is 2.37. The van der Waals surface area contributed by atoms with Gasteiger partial charge in [0.1, 0.15) is 9.88 Å². The average Bonchev–Trinajstić information content (AvgIpc) is 2.74. The molecule has 0 amide bonds. The first kappa shape index (κ1) is 12.7. The first-order valence-corrected chi connectivity index (χ1v) is 5.70. The Morgan fingerprint density at radius 1 is 1.39 bits per heavy atom. The van der Waals surface area contributed by atoms with Gasteiger partial charge in [-0.15, -0.1) is 11.3 Å². The maximum Gasteiger partial charge on any atom is 0.434 e. The van der Waals surface area contributed by atoms with Crippen molar-refractivity contribution in [2.45, 2.75) is 13.1 Å². The molecule has 0 spiro atoms. The van der Waals surface area contributed by atoms with Crippen molar-refractivity contribution in [2.75, 3.05) is 0 Å². The minimum Gasteiger partial charge on any atom is -0.294 e. The molecule has 2 rings (SSSR count). The topological polar surface area (TPSA) is 42.9 Å². The lowest BCUT2D eigenvalue weighted by molar-refractivity contribution is -0.141. The molecule has 0 bridgehead atoms. The zero-order valence-electron chi connectivity index (χ0n) is 9.15. The zero-order valence-corrected chi connectivity index (χ0v) is 9.97. The number of carbonyl (C=O) groups is 1. The van der Waals surface area contributed by atoms with Gasteiger partial charge in [0.25, 0.3) is 0 Å². The van der Waals surface area contributed by atoms with E-state index < -0.39 is 17.7 Å². The maximum absolute atomic E-state index is 12.7. The number of thiazole rings is 1. The molecule has 0 aliphatic heterocycles. The van der Waals surface area contributed by atoms with Gasteiger partial charge in [0.05, 0.1) is 0 Å². The third-order valence-electron chi connectivity index (χ3n) is 2.12. The second kappa shape index (κ2) is 4.49. The van der Waals surface area contributed by atoms with E-state index in [1.807, 2.05) is 0 Å². The second-order valence-electron chi connectivity index (χ2n) is 3.49. The van der Waals surface area contributed by atoms with Crippen molar-refractivity contribution in [1.29, 1.82) is 0 Å². The molecule has 3 nitrogen and oxygen atoms in total. The van der Waals surface area contributed by atoms with Crippen LogP contribution < -0.4 is 0 Å². The third-order valence-corrected chi connectivity index (χ3v) is 3.33. The summed E-state index contributed by atoms with van der Waals surface area (Å²) in [7, 11) is 0. The van der Waals surface area contributed by atoms with Gasteiger partial charge in [0.2, 0.25) is 0 Å². The zero-order chi connectivity index (χ0) is 13.3. The lowest BCUT2D eigenvalue weighted by atomic mass is 10.2. The van der Waals surface area contributed by atoms with Gasteiger partial charge in [-0.3, -0.25) is 9.78 Å². The summed E-state index contributed by atoms with van der Waals surface area (Å²) < 4.78 is 38.1. The molecule has 2 heterocycles. The number of halogens is 3. The molecule has 0 fully saturated rings. The van der Waals surface area contributed by atoms with Crippen molar-refractivity contribution >= 4 is 17.1 Å². The summed E-state index contributed by atoms with van der Waals surface area (Å²) in [4.78, 5) is 18.2. The van der Waals surface area contributed by atoms with Gasteiger partial charge in [-0.05, 0) is 12.1 Å². The number of rotatable bonds is 2. The summed E-state index contributed by atoms with van der Waals surface area (Å²) in [5.41, 5.74) is -0.667. The number of carbonyl (C=O) groups excluding carboxylic acids is 1. The minimum absolute atomic E-state index is 0.139. The molecular formula is C11H7F3N2OS. The van der Waals surface area contributed by atoms with E-state index in [4.69, 9.17) is 0 Å². The standard InChI is InChI=1S/C11H7F3N2OS/c1-6(17)8-9(11(12,13)14)16-10(18-8)7-3-2-4-15-5-7/h2-5H,1H3. The van der Waals surface area contributed by atoms with Crippen LogP contribution in [-0.2, 0) is 6.18 Å². The number of Topliss-reactive ketones (excluding diaryl/α,β-unsaturated/α-hetero) is 1. The van der Waals surface area contributed by atoms with Gasteiger partial charge < -0.3 is 0 Å². The first-order valence-electron chi connectivity index (χ1n) is 4.89. The second-order valence-corrected chi connectivity index (χ2v) is 4.49. The summed E-state index contributed by atoms with van der Waals surface area (Å²) >= 11 is 0.727. The van der Waals surface area contributed by atoms with E-state index in [1.54, 1.807) is 12.1 Å². The predicted molar refractivity (Wildman–Crippen MR) is 60.4 cm³/mol. The van der Waals surface area contributed by atoms with Crippen LogP contribution in [0.2, 0.25) is 0 Å². The number of alkyl halides is 3. The Morgan fingerprint density at radius 3 is 2.56 bits per heavy atom. The van der Waals surface area contributed by atoms with Crippen LogP contribution in [0.25, 0.3) is 10.6 Å². The number of hydrogen-bond acceptors (Lipinski definition) is 4. The summed E-state index contributed by atoms with van der Waals surface area (Å²) in [6, 6.07) is 3.19. The highest BCUT2D eigenvalue weighted by atomic mass is 32.1. The van der Waals surface area contributed by atoms with Crippen LogP contribution in [0, 0.1) is 0 Å². The van der Waals surface area contributed by atoms with Crippen LogP contribution in [-0.4, -0.2) is 15.8 Å². The first-order chi connectivity index (χ1) is 8.39. The molecule has 0 aliphatic carbocycles. The fraction of sp³-hybridized carbons (Fsp3) is 0.182. The molecule has 0 saturated carbocycles. The summed E-state index contributed by atoms with van der Waals surface area (Å²) in [5.74, 6) is -0.644. The van der Waals surface area contributed by atoms with Crippen LogP contribution in [0.1, 0.15) is 22.3 Å². The van der Waals surface area contributed by atoms with Gasteiger partial charge in [-0.1, -0.05) is 0 Å². The van der Waals surface area contributed by atoms with E-state index in [1.165, 1.54) is 12.4 Å². The predicted octanol–water partition coefficient (Wildman–Crippen LogP) is 3.43. The number of aromatic nitrogens is 2. The third kappa shape index (κ3) is 2.40.